The van der Waals surface area contributed by atoms with Gasteiger partial charge in [-0.2, -0.15) is 13.2 Å². The van der Waals surface area contributed by atoms with Gasteiger partial charge in [0.15, 0.2) is 5.66 Å². The van der Waals surface area contributed by atoms with Crippen molar-refractivity contribution < 1.29 is 36.3 Å². The van der Waals surface area contributed by atoms with Gasteiger partial charge in [0.2, 0.25) is 0 Å². The Bertz CT molecular complexity index is 561. The summed E-state index contributed by atoms with van der Waals surface area (Å²) in [7, 11) is -2.85. The molecule has 1 rings (SSSR count). The lowest BCUT2D eigenvalue weighted by molar-refractivity contribution is -0.140. The number of halogens is 3. The summed E-state index contributed by atoms with van der Waals surface area (Å²) >= 11 is 0. The maximum Gasteiger partial charge on any atom is 0.416 e. The fourth-order valence-electron chi connectivity index (χ4n) is 1.96. The first-order valence-electron chi connectivity index (χ1n) is 6.83. The zero-order valence-electron chi connectivity index (χ0n) is 12.9. The van der Waals surface area contributed by atoms with E-state index in [1.54, 1.807) is 13.8 Å². The van der Waals surface area contributed by atoms with Crippen LogP contribution in [0, 0.1) is 0 Å². The van der Waals surface area contributed by atoms with Crippen molar-refractivity contribution >= 4 is 13.6 Å². The van der Waals surface area contributed by atoms with Crippen molar-refractivity contribution in [3.8, 4) is 0 Å². The Labute approximate surface area is 132 Å². The molecule has 0 N–H and O–H groups in total. The standard InChI is InChI=1S/C14H18F3O5P/c1-4-21-23(19,22-5-2)12(13(18)20-3)10-6-8-11(9-7-10)14(15,16)17/h6-9,12H,4-5H2,1-3H3. The average Bonchev–Trinajstić information content (AvgIpc) is 2.47. The lowest BCUT2D eigenvalue weighted by Crippen LogP contribution is -2.18. The van der Waals surface area contributed by atoms with Crippen molar-refractivity contribution in [3.63, 3.8) is 0 Å². The zero-order chi connectivity index (χ0) is 17.7. The molecule has 1 atom stereocenters. The van der Waals surface area contributed by atoms with Crippen LogP contribution in [0.2, 0.25) is 0 Å². The molecular weight excluding hydrogens is 336 g/mol. The van der Waals surface area contributed by atoms with Crippen LogP contribution in [0.4, 0.5) is 13.2 Å². The van der Waals surface area contributed by atoms with E-state index in [4.69, 9.17) is 9.05 Å². The summed E-state index contributed by atoms with van der Waals surface area (Å²) in [5, 5.41) is 0. The molecule has 0 radical (unpaired) electrons. The Hall–Kier alpha value is -1.37. The molecule has 0 spiro atoms. The third-order valence-electron chi connectivity index (χ3n) is 2.91. The molecule has 130 valence electrons. The number of carbonyl (C=O) groups excluding carboxylic acids is 1. The molecule has 0 saturated carbocycles. The van der Waals surface area contributed by atoms with E-state index >= 15 is 0 Å². The normalized spacial score (nSPS) is 13.7. The second-order valence-electron chi connectivity index (χ2n) is 4.42. The van der Waals surface area contributed by atoms with Crippen molar-refractivity contribution in [2.24, 2.45) is 0 Å². The Morgan fingerprint density at radius 2 is 1.61 bits per heavy atom. The van der Waals surface area contributed by atoms with Gasteiger partial charge in [0.1, 0.15) is 0 Å². The Morgan fingerprint density at radius 1 is 1.13 bits per heavy atom. The van der Waals surface area contributed by atoms with Gasteiger partial charge in [-0.1, -0.05) is 12.1 Å². The molecule has 5 nitrogen and oxygen atoms in total. The Morgan fingerprint density at radius 3 is 1.96 bits per heavy atom. The number of ether oxygens (including phenoxy) is 1. The van der Waals surface area contributed by atoms with Gasteiger partial charge in [-0.05, 0) is 31.5 Å². The van der Waals surface area contributed by atoms with Crippen LogP contribution >= 0.6 is 7.60 Å². The first-order chi connectivity index (χ1) is 10.7. The fraction of sp³-hybridized carbons (Fsp3) is 0.500. The third kappa shape index (κ3) is 4.80. The molecular formula is C14H18F3O5P. The van der Waals surface area contributed by atoms with E-state index in [1.807, 2.05) is 0 Å². The summed E-state index contributed by atoms with van der Waals surface area (Å²) in [6.45, 7) is 3.14. The quantitative estimate of drug-likeness (QED) is 0.543. The number of rotatable bonds is 7. The van der Waals surface area contributed by atoms with Gasteiger partial charge in [0.05, 0.1) is 25.9 Å². The van der Waals surface area contributed by atoms with E-state index in [0.717, 1.165) is 31.4 Å². The minimum absolute atomic E-state index is 0.00536. The highest BCUT2D eigenvalue weighted by molar-refractivity contribution is 7.55. The maximum atomic E-state index is 12.8. The van der Waals surface area contributed by atoms with Crippen LogP contribution in [0.25, 0.3) is 0 Å². The summed E-state index contributed by atoms with van der Waals surface area (Å²) in [5.41, 5.74) is -2.27. The predicted molar refractivity (Wildman–Crippen MR) is 77.1 cm³/mol. The topological polar surface area (TPSA) is 61.8 Å². The summed E-state index contributed by atoms with van der Waals surface area (Å²) in [5.74, 6) is -0.907. The second kappa shape index (κ2) is 7.95. The van der Waals surface area contributed by atoms with Crippen LogP contribution in [-0.4, -0.2) is 26.3 Å². The molecule has 0 saturated heterocycles. The van der Waals surface area contributed by atoms with E-state index < -0.39 is 31.0 Å². The number of carbonyl (C=O) groups is 1. The van der Waals surface area contributed by atoms with Gasteiger partial charge < -0.3 is 13.8 Å². The molecule has 0 aromatic heterocycles. The molecule has 0 bridgehead atoms. The summed E-state index contributed by atoms with van der Waals surface area (Å²) < 4.78 is 65.5. The van der Waals surface area contributed by atoms with E-state index in [9.17, 15) is 22.5 Å². The fourth-order valence-corrected chi connectivity index (χ4v) is 3.95. The van der Waals surface area contributed by atoms with E-state index in [-0.39, 0.29) is 18.8 Å². The highest BCUT2D eigenvalue weighted by Gasteiger charge is 2.43. The number of alkyl halides is 3. The predicted octanol–water partition coefficient (Wildman–Crippen LogP) is 4.19. The molecule has 1 aromatic carbocycles. The summed E-state index contributed by atoms with van der Waals surface area (Å²) in [6.07, 6.45) is -4.51. The zero-order valence-corrected chi connectivity index (χ0v) is 13.8. The van der Waals surface area contributed by atoms with E-state index in [1.165, 1.54) is 0 Å². The number of benzene rings is 1. The SMILES string of the molecule is CCOP(=O)(OCC)C(C(=O)OC)c1ccc(C(F)(F)F)cc1. The van der Waals surface area contributed by atoms with Crippen LogP contribution in [-0.2, 0) is 29.3 Å². The third-order valence-corrected chi connectivity index (χ3v) is 5.29. The van der Waals surface area contributed by atoms with E-state index in [0.29, 0.717) is 0 Å². The van der Waals surface area contributed by atoms with Crippen molar-refractivity contribution in [1.29, 1.82) is 0 Å². The first kappa shape index (κ1) is 19.7. The summed E-state index contributed by atoms with van der Waals surface area (Å²) in [4.78, 5) is 12.0. The molecule has 0 aliphatic carbocycles. The first-order valence-corrected chi connectivity index (χ1v) is 8.44. The highest BCUT2D eigenvalue weighted by atomic mass is 31.2. The van der Waals surface area contributed by atoms with Crippen LogP contribution in [0.5, 0.6) is 0 Å². The van der Waals surface area contributed by atoms with Crippen LogP contribution in [0.3, 0.4) is 0 Å². The lowest BCUT2D eigenvalue weighted by Gasteiger charge is -2.24. The van der Waals surface area contributed by atoms with Crippen molar-refractivity contribution in [3.05, 3.63) is 35.4 Å². The smallest absolute Gasteiger partial charge is 0.416 e. The maximum absolute atomic E-state index is 12.8. The van der Waals surface area contributed by atoms with Gasteiger partial charge in [0, 0.05) is 0 Å². The summed E-state index contributed by atoms with van der Waals surface area (Å²) in [6, 6.07) is 3.73. The van der Waals surface area contributed by atoms with Crippen molar-refractivity contribution in [1.82, 2.24) is 0 Å². The van der Waals surface area contributed by atoms with Crippen LogP contribution in [0.1, 0.15) is 30.6 Å². The molecule has 0 aliphatic rings. The van der Waals surface area contributed by atoms with Gasteiger partial charge in [-0.25, -0.2) is 0 Å². The van der Waals surface area contributed by atoms with E-state index in [2.05, 4.69) is 4.74 Å². The number of hydrogen-bond acceptors (Lipinski definition) is 5. The number of esters is 1. The van der Waals surface area contributed by atoms with Crippen LogP contribution < -0.4 is 0 Å². The molecule has 0 aliphatic heterocycles. The van der Waals surface area contributed by atoms with Crippen molar-refractivity contribution in [2.45, 2.75) is 25.7 Å². The highest BCUT2D eigenvalue weighted by Crippen LogP contribution is 2.61. The Balaban J connectivity index is 3.31. The number of methoxy groups -OCH3 is 1. The molecule has 23 heavy (non-hydrogen) atoms. The molecule has 0 fully saturated rings. The van der Waals surface area contributed by atoms with Gasteiger partial charge in [-0.15, -0.1) is 0 Å². The second-order valence-corrected chi connectivity index (χ2v) is 6.53. The number of hydrogen-bond donors (Lipinski definition) is 0. The monoisotopic (exact) mass is 354 g/mol. The van der Waals surface area contributed by atoms with Gasteiger partial charge >= 0.3 is 19.7 Å². The van der Waals surface area contributed by atoms with Crippen LogP contribution in [0.15, 0.2) is 24.3 Å². The largest absolute Gasteiger partial charge is 0.468 e. The minimum Gasteiger partial charge on any atom is -0.468 e. The molecule has 0 heterocycles. The minimum atomic E-state index is -4.51. The average molecular weight is 354 g/mol. The molecule has 9 heteroatoms. The van der Waals surface area contributed by atoms with Gasteiger partial charge in [-0.3, -0.25) is 9.36 Å². The van der Waals surface area contributed by atoms with Gasteiger partial charge in [0.25, 0.3) is 0 Å². The Kier molecular flexibility index (Phi) is 6.80. The molecule has 0 amide bonds. The van der Waals surface area contributed by atoms with Crippen molar-refractivity contribution in [2.75, 3.05) is 20.3 Å². The molecule has 1 unspecified atom stereocenters. The molecule has 1 aromatic rings. The lowest BCUT2D eigenvalue weighted by atomic mass is 10.1.